The van der Waals surface area contributed by atoms with Crippen molar-refractivity contribution in [3.63, 3.8) is 0 Å². The third-order valence-corrected chi connectivity index (χ3v) is 6.11. The van der Waals surface area contributed by atoms with E-state index in [4.69, 9.17) is 0 Å². The summed E-state index contributed by atoms with van der Waals surface area (Å²) in [6.45, 7) is 3.48. The zero-order chi connectivity index (χ0) is 19.2. The van der Waals surface area contributed by atoms with Crippen LogP contribution in [0.15, 0.2) is 30.6 Å². The first-order valence-corrected chi connectivity index (χ1v) is 10.6. The van der Waals surface area contributed by atoms with Crippen molar-refractivity contribution < 1.29 is 4.79 Å². The quantitative estimate of drug-likeness (QED) is 0.830. The van der Waals surface area contributed by atoms with Crippen molar-refractivity contribution in [1.29, 1.82) is 0 Å². The Hall–Kier alpha value is -2.28. The molecule has 0 radical (unpaired) electrons. The van der Waals surface area contributed by atoms with Gasteiger partial charge in [0, 0.05) is 25.7 Å². The van der Waals surface area contributed by atoms with Gasteiger partial charge in [-0.1, -0.05) is 31.4 Å². The Kier molecular flexibility index (Phi) is 6.31. The maximum atomic E-state index is 12.4. The fourth-order valence-corrected chi connectivity index (χ4v) is 4.50. The summed E-state index contributed by atoms with van der Waals surface area (Å²) in [5, 5.41) is 14.4. The molecule has 2 aliphatic rings. The SMILES string of the molecule is O=C(Cc1ccc(-n2cnnn2)cc1)NC1CCN(CC2CCCCC2)CC1. The van der Waals surface area contributed by atoms with Crippen molar-refractivity contribution in [3.8, 4) is 5.69 Å². The number of carbonyl (C=O) groups is 1. The summed E-state index contributed by atoms with van der Waals surface area (Å²) in [7, 11) is 0. The molecule has 7 heteroatoms. The smallest absolute Gasteiger partial charge is 0.224 e. The normalized spacial score (nSPS) is 19.6. The van der Waals surface area contributed by atoms with Crippen LogP contribution in [0.1, 0.15) is 50.5 Å². The summed E-state index contributed by atoms with van der Waals surface area (Å²) in [6.07, 6.45) is 11.2. The highest BCUT2D eigenvalue weighted by atomic mass is 16.1. The number of carbonyl (C=O) groups excluding carboxylic acids is 1. The number of aromatic nitrogens is 4. The van der Waals surface area contributed by atoms with E-state index in [1.807, 2.05) is 24.3 Å². The number of nitrogens with one attached hydrogen (secondary N) is 1. The van der Waals surface area contributed by atoms with Gasteiger partial charge in [-0.2, -0.15) is 0 Å². The van der Waals surface area contributed by atoms with Crippen LogP contribution in [0.25, 0.3) is 5.69 Å². The first-order chi connectivity index (χ1) is 13.8. The molecule has 1 amide bonds. The third-order valence-electron chi connectivity index (χ3n) is 6.11. The predicted octanol–water partition coefficient (Wildman–Crippen LogP) is 2.37. The maximum absolute atomic E-state index is 12.4. The van der Waals surface area contributed by atoms with Crippen LogP contribution in [0.4, 0.5) is 0 Å². The molecule has 0 spiro atoms. The molecule has 2 fully saturated rings. The molecule has 1 saturated heterocycles. The molecule has 0 atom stereocenters. The van der Waals surface area contributed by atoms with E-state index >= 15 is 0 Å². The lowest BCUT2D eigenvalue weighted by molar-refractivity contribution is -0.121. The van der Waals surface area contributed by atoms with Gasteiger partial charge in [0.05, 0.1) is 12.1 Å². The molecule has 150 valence electrons. The molecule has 4 rings (SSSR count). The van der Waals surface area contributed by atoms with Gasteiger partial charge in [-0.3, -0.25) is 4.79 Å². The lowest BCUT2D eigenvalue weighted by atomic mass is 9.88. The van der Waals surface area contributed by atoms with Crippen LogP contribution in [-0.2, 0) is 11.2 Å². The molecule has 1 saturated carbocycles. The van der Waals surface area contributed by atoms with E-state index < -0.39 is 0 Å². The molecule has 1 aliphatic heterocycles. The van der Waals surface area contributed by atoms with Crippen LogP contribution in [0.5, 0.6) is 0 Å². The van der Waals surface area contributed by atoms with E-state index in [1.54, 1.807) is 11.0 Å². The van der Waals surface area contributed by atoms with E-state index in [1.165, 1.54) is 38.6 Å². The van der Waals surface area contributed by atoms with Gasteiger partial charge in [-0.15, -0.1) is 5.10 Å². The van der Waals surface area contributed by atoms with Gasteiger partial charge in [0.2, 0.25) is 5.91 Å². The van der Waals surface area contributed by atoms with Crippen LogP contribution >= 0.6 is 0 Å². The van der Waals surface area contributed by atoms with Gasteiger partial charge in [0.15, 0.2) is 0 Å². The van der Waals surface area contributed by atoms with Crippen molar-refractivity contribution in [3.05, 3.63) is 36.2 Å². The summed E-state index contributed by atoms with van der Waals surface area (Å²) >= 11 is 0. The molecule has 1 N–H and O–H groups in total. The number of benzene rings is 1. The predicted molar refractivity (Wildman–Crippen MR) is 107 cm³/mol. The average molecular weight is 383 g/mol. The topological polar surface area (TPSA) is 75.9 Å². The van der Waals surface area contributed by atoms with E-state index in [2.05, 4.69) is 25.7 Å². The van der Waals surface area contributed by atoms with Crippen molar-refractivity contribution in [2.24, 2.45) is 5.92 Å². The first-order valence-electron chi connectivity index (χ1n) is 10.6. The fourth-order valence-electron chi connectivity index (χ4n) is 4.50. The van der Waals surface area contributed by atoms with E-state index in [0.717, 1.165) is 43.1 Å². The number of amides is 1. The minimum atomic E-state index is 0.112. The Bertz CT molecular complexity index is 731. The number of likely N-dealkylation sites (tertiary alicyclic amines) is 1. The van der Waals surface area contributed by atoms with Crippen molar-refractivity contribution in [2.45, 2.75) is 57.4 Å². The highest BCUT2D eigenvalue weighted by Gasteiger charge is 2.23. The highest BCUT2D eigenvalue weighted by molar-refractivity contribution is 5.78. The molecular weight excluding hydrogens is 352 g/mol. The van der Waals surface area contributed by atoms with Crippen molar-refractivity contribution in [2.75, 3.05) is 19.6 Å². The minimum Gasteiger partial charge on any atom is -0.353 e. The summed E-state index contributed by atoms with van der Waals surface area (Å²) in [5.41, 5.74) is 1.89. The largest absolute Gasteiger partial charge is 0.353 e. The Morgan fingerprint density at radius 1 is 1.04 bits per heavy atom. The highest BCUT2D eigenvalue weighted by Crippen LogP contribution is 2.25. The van der Waals surface area contributed by atoms with Crippen molar-refractivity contribution in [1.82, 2.24) is 30.4 Å². The first kappa shape index (κ1) is 19.1. The van der Waals surface area contributed by atoms with E-state index in [-0.39, 0.29) is 5.91 Å². The lowest BCUT2D eigenvalue weighted by Crippen LogP contribution is -2.46. The second kappa shape index (κ2) is 9.28. The molecule has 0 unspecified atom stereocenters. The molecule has 1 aromatic carbocycles. The Morgan fingerprint density at radius 3 is 2.46 bits per heavy atom. The zero-order valence-electron chi connectivity index (χ0n) is 16.5. The maximum Gasteiger partial charge on any atom is 0.224 e. The Balaban J connectivity index is 1.19. The van der Waals surface area contributed by atoms with Crippen LogP contribution in [-0.4, -0.2) is 56.7 Å². The van der Waals surface area contributed by atoms with Gasteiger partial charge in [0.25, 0.3) is 0 Å². The Labute approximate surface area is 166 Å². The second-order valence-corrected chi connectivity index (χ2v) is 8.24. The molecule has 2 aromatic rings. The zero-order valence-corrected chi connectivity index (χ0v) is 16.5. The number of hydrogen-bond acceptors (Lipinski definition) is 5. The van der Waals surface area contributed by atoms with E-state index in [0.29, 0.717) is 12.5 Å². The minimum absolute atomic E-state index is 0.112. The lowest BCUT2D eigenvalue weighted by Gasteiger charge is -2.35. The standard InChI is InChI=1S/C21H30N6O/c28-21(14-17-6-8-20(9-7-17)27-16-22-24-25-27)23-19-10-12-26(13-11-19)15-18-4-2-1-3-5-18/h6-9,16,18-19H,1-5,10-15H2,(H,23,28). The van der Waals surface area contributed by atoms with Gasteiger partial charge in [0.1, 0.15) is 6.33 Å². The molecule has 2 heterocycles. The summed E-state index contributed by atoms with van der Waals surface area (Å²) in [5.74, 6) is 1.01. The number of piperidine rings is 1. The molecular formula is C21H30N6O. The number of nitrogens with zero attached hydrogens (tertiary/aromatic N) is 5. The summed E-state index contributed by atoms with van der Waals surface area (Å²) in [6, 6.07) is 8.11. The van der Waals surface area contributed by atoms with Gasteiger partial charge >= 0.3 is 0 Å². The molecule has 1 aliphatic carbocycles. The van der Waals surface area contributed by atoms with Crippen molar-refractivity contribution >= 4 is 5.91 Å². The fraction of sp³-hybridized carbons (Fsp3) is 0.619. The second-order valence-electron chi connectivity index (χ2n) is 8.24. The van der Waals surface area contributed by atoms with Gasteiger partial charge in [-0.25, -0.2) is 4.68 Å². The third kappa shape index (κ3) is 5.16. The number of tetrazole rings is 1. The number of rotatable bonds is 6. The van der Waals surface area contributed by atoms with Crippen LogP contribution in [0, 0.1) is 5.92 Å². The van der Waals surface area contributed by atoms with Crippen LogP contribution in [0.2, 0.25) is 0 Å². The van der Waals surface area contributed by atoms with Gasteiger partial charge < -0.3 is 10.2 Å². The molecule has 0 bridgehead atoms. The van der Waals surface area contributed by atoms with Crippen LogP contribution < -0.4 is 5.32 Å². The number of hydrogen-bond donors (Lipinski definition) is 1. The molecule has 28 heavy (non-hydrogen) atoms. The average Bonchev–Trinajstić information content (AvgIpc) is 3.26. The van der Waals surface area contributed by atoms with Crippen LogP contribution in [0.3, 0.4) is 0 Å². The summed E-state index contributed by atoms with van der Waals surface area (Å²) in [4.78, 5) is 15.0. The van der Waals surface area contributed by atoms with E-state index in [9.17, 15) is 4.79 Å². The monoisotopic (exact) mass is 382 g/mol. The molecule has 7 nitrogen and oxygen atoms in total. The Morgan fingerprint density at radius 2 is 1.79 bits per heavy atom. The summed E-state index contributed by atoms with van der Waals surface area (Å²) < 4.78 is 1.60. The molecule has 1 aromatic heterocycles. The van der Waals surface area contributed by atoms with Gasteiger partial charge in [-0.05, 0) is 59.7 Å².